The standard InChI is InChI=1S/C8H17OPS/c1-2-3-4-5-6-7-8-9-10-11/h2-8H2,1H3. The summed E-state index contributed by atoms with van der Waals surface area (Å²) in [6, 6.07) is 0. The molecule has 66 valence electrons. The van der Waals surface area contributed by atoms with Crippen LogP contribution in [0.15, 0.2) is 0 Å². The van der Waals surface area contributed by atoms with E-state index in [9.17, 15) is 0 Å². The molecule has 0 atom stereocenters. The first kappa shape index (κ1) is 11.5. The van der Waals surface area contributed by atoms with E-state index in [0.717, 1.165) is 6.61 Å². The number of unbranched alkanes of at least 4 members (excludes halogenated alkanes) is 5. The Kier molecular flexibility index (Phi) is 10.9. The highest BCUT2D eigenvalue weighted by Gasteiger charge is 1.88. The fourth-order valence-electron chi connectivity index (χ4n) is 0.984. The van der Waals surface area contributed by atoms with Gasteiger partial charge in [-0.3, -0.25) is 0 Å². The van der Waals surface area contributed by atoms with Crippen LogP contribution in [0, 0.1) is 0 Å². The minimum atomic E-state index is 0.653. The SMILES string of the molecule is CCCCCCCCOP=S. The minimum absolute atomic E-state index is 0.653. The second-order valence-electron chi connectivity index (χ2n) is 2.68. The smallest absolute Gasteiger partial charge is 0.136 e. The van der Waals surface area contributed by atoms with Crippen LogP contribution in [0.5, 0.6) is 0 Å². The predicted octanol–water partition coefficient (Wildman–Crippen LogP) is 3.69. The monoisotopic (exact) mass is 192 g/mol. The molecular weight excluding hydrogens is 175 g/mol. The summed E-state index contributed by atoms with van der Waals surface area (Å²) in [6.45, 7) is 3.08. The van der Waals surface area contributed by atoms with Gasteiger partial charge in [-0.15, -0.1) is 0 Å². The molecule has 0 amide bonds. The lowest BCUT2D eigenvalue weighted by atomic mass is 10.1. The van der Waals surface area contributed by atoms with E-state index >= 15 is 0 Å². The van der Waals surface area contributed by atoms with Crippen LogP contribution in [0.3, 0.4) is 0 Å². The fraction of sp³-hybridized carbons (Fsp3) is 1.00. The van der Waals surface area contributed by atoms with Crippen LogP contribution < -0.4 is 0 Å². The van der Waals surface area contributed by atoms with Crippen molar-refractivity contribution in [2.75, 3.05) is 6.61 Å². The van der Waals surface area contributed by atoms with Crippen molar-refractivity contribution >= 4 is 19.4 Å². The first-order valence-corrected chi connectivity index (χ1v) is 6.19. The average molecular weight is 192 g/mol. The van der Waals surface area contributed by atoms with Gasteiger partial charge in [0.2, 0.25) is 0 Å². The lowest BCUT2D eigenvalue weighted by molar-refractivity contribution is 0.352. The molecule has 0 N–H and O–H groups in total. The third-order valence-corrected chi connectivity index (χ3v) is 2.25. The predicted molar refractivity (Wildman–Crippen MR) is 53.6 cm³/mol. The molecule has 0 spiro atoms. The largest absolute Gasteiger partial charge is 0.317 e. The maximum absolute atomic E-state index is 5.03. The summed E-state index contributed by atoms with van der Waals surface area (Å²) < 4.78 is 5.03. The van der Waals surface area contributed by atoms with Gasteiger partial charge >= 0.3 is 0 Å². The molecule has 0 heterocycles. The van der Waals surface area contributed by atoms with E-state index in [4.69, 9.17) is 4.52 Å². The van der Waals surface area contributed by atoms with Crippen molar-refractivity contribution in [3.8, 4) is 0 Å². The maximum Gasteiger partial charge on any atom is 0.136 e. The van der Waals surface area contributed by atoms with E-state index in [1.165, 1.54) is 38.5 Å². The van der Waals surface area contributed by atoms with Crippen LogP contribution in [-0.4, -0.2) is 6.61 Å². The van der Waals surface area contributed by atoms with E-state index in [-0.39, 0.29) is 0 Å². The van der Waals surface area contributed by atoms with Crippen LogP contribution in [0.2, 0.25) is 0 Å². The molecule has 0 aromatic carbocycles. The van der Waals surface area contributed by atoms with Crippen LogP contribution in [0.4, 0.5) is 0 Å². The van der Waals surface area contributed by atoms with Gasteiger partial charge in [-0.05, 0) is 18.2 Å². The van der Waals surface area contributed by atoms with Gasteiger partial charge in [-0.2, -0.15) is 0 Å². The maximum atomic E-state index is 5.03. The number of hydrogen-bond donors (Lipinski definition) is 0. The third kappa shape index (κ3) is 10.5. The highest BCUT2D eigenvalue weighted by Crippen LogP contribution is 2.06. The molecule has 0 rings (SSSR count). The van der Waals surface area contributed by atoms with Crippen LogP contribution in [0.25, 0.3) is 0 Å². The molecule has 0 bridgehead atoms. The van der Waals surface area contributed by atoms with Gasteiger partial charge in [0.25, 0.3) is 0 Å². The summed E-state index contributed by atoms with van der Waals surface area (Å²) in [5, 5.41) is 0. The third-order valence-electron chi connectivity index (χ3n) is 1.64. The van der Waals surface area contributed by atoms with Crippen LogP contribution in [-0.2, 0) is 16.3 Å². The Balaban J connectivity index is 2.74. The Morgan fingerprint density at radius 1 is 1.09 bits per heavy atom. The number of hydrogen-bond acceptors (Lipinski definition) is 2. The summed E-state index contributed by atoms with van der Waals surface area (Å²) >= 11 is 4.62. The Hall–Kier alpha value is 0.480. The quantitative estimate of drug-likeness (QED) is 0.428. The van der Waals surface area contributed by atoms with Gasteiger partial charge in [-0.1, -0.05) is 39.0 Å². The summed E-state index contributed by atoms with van der Waals surface area (Å²) in [6.07, 6.45) is 7.90. The molecule has 0 aliphatic carbocycles. The van der Waals surface area contributed by atoms with Crippen molar-refractivity contribution in [2.45, 2.75) is 45.4 Å². The molecule has 0 unspecified atom stereocenters. The Labute approximate surface area is 76.4 Å². The zero-order chi connectivity index (χ0) is 8.36. The molecule has 1 nitrogen and oxygen atoms in total. The Bertz CT molecular complexity index is 88.2. The van der Waals surface area contributed by atoms with Gasteiger partial charge < -0.3 is 4.52 Å². The van der Waals surface area contributed by atoms with Gasteiger partial charge in [0.15, 0.2) is 0 Å². The molecule has 0 aromatic rings. The highest BCUT2D eigenvalue weighted by atomic mass is 32.4. The normalized spacial score (nSPS) is 10.6. The van der Waals surface area contributed by atoms with Gasteiger partial charge in [0, 0.05) is 0 Å². The molecule has 0 saturated heterocycles. The zero-order valence-electron chi connectivity index (χ0n) is 7.21. The summed E-state index contributed by atoms with van der Waals surface area (Å²) in [4.78, 5) is 0. The minimum Gasteiger partial charge on any atom is -0.317 e. The van der Waals surface area contributed by atoms with E-state index in [1.807, 2.05) is 0 Å². The zero-order valence-corrected chi connectivity index (χ0v) is 8.92. The van der Waals surface area contributed by atoms with Crippen LogP contribution >= 0.6 is 7.58 Å². The van der Waals surface area contributed by atoms with Crippen molar-refractivity contribution in [3.63, 3.8) is 0 Å². The highest BCUT2D eigenvalue weighted by molar-refractivity contribution is 7.94. The van der Waals surface area contributed by atoms with Gasteiger partial charge in [0.05, 0.1) is 6.61 Å². The van der Waals surface area contributed by atoms with Gasteiger partial charge in [-0.25, -0.2) is 0 Å². The molecule has 0 aliphatic heterocycles. The van der Waals surface area contributed by atoms with Crippen molar-refractivity contribution in [3.05, 3.63) is 0 Å². The molecule has 0 aromatic heterocycles. The number of rotatable bonds is 8. The first-order valence-electron chi connectivity index (χ1n) is 4.36. The molecule has 11 heavy (non-hydrogen) atoms. The molecule has 3 heteroatoms. The molecule has 0 fully saturated rings. The lowest BCUT2D eigenvalue weighted by Gasteiger charge is -1.98. The average Bonchev–Trinajstić information content (AvgIpc) is 2.03. The van der Waals surface area contributed by atoms with Crippen molar-refractivity contribution < 1.29 is 4.52 Å². The molecular formula is C8H17OPS. The summed E-state index contributed by atoms with van der Waals surface area (Å²) in [5.74, 6) is 0. The molecule has 0 radical (unpaired) electrons. The van der Waals surface area contributed by atoms with Crippen molar-refractivity contribution in [1.29, 1.82) is 0 Å². The van der Waals surface area contributed by atoms with E-state index in [1.54, 1.807) is 0 Å². The Morgan fingerprint density at radius 3 is 2.36 bits per heavy atom. The Morgan fingerprint density at radius 2 is 1.73 bits per heavy atom. The van der Waals surface area contributed by atoms with Crippen molar-refractivity contribution in [1.82, 2.24) is 0 Å². The van der Waals surface area contributed by atoms with E-state index < -0.39 is 0 Å². The topological polar surface area (TPSA) is 9.23 Å². The molecule has 0 saturated carbocycles. The molecule has 0 aliphatic rings. The lowest BCUT2D eigenvalue weighted by Crippen LogP contribution is -1.84. The second kappa shape index (κ2) is 10.5. The first-order chi connectivity index (χ1) is 5.41. The van der Waals surface area contributed by atoms with E-state index in [0.29, 0.717) is 7.58 Å². The van der Waals surface area contributed by atoms with Crippen LogP contribution in [0.1, 0.15) is 45.4 Å². The fourth-order valence-corrected chi connectivity index (χ4v) is 1.41. The van der Waals surface area contributed by atoms with Gasteiger partial charge in [0.1, 0.15) is 7.58 Å². The van der Waals surface area contributed by atoms with Crippen molar-refractivity contribution in [2.24, 2.45) is 0 Å². The summed E-state index contributed by atoms with van der Waals surface area (Å²) in [7, 11) is 0.653. The summed E-state index contributed by atoms with van der Waals surface area (Å²) in [5.41, 5.74) is 0. The second-order valence-corrected chi connectivity index (χ2v) is 3.53. The van der Waals surface area contributed by atoms with E-state index in [2.05, 4.69) is 18.7 Å².